The molecule has 0 amide bonds. The van der Waals surface area contributed by atoms with Gasteiger partial charge in [0.1, 0.15) is 11.9 Å². The van der Waals surface area contributed by atoms with Crippen LogP contribution in [0.4, 0.5) is 4.39 Å². The van der Waals surface area contributed by atoms with Crippen LogP contribution < -0.4 is 0 Å². The number of piperidine rings is 1. The second kappa shape index (κ2) is 11.3. The minimum atomic E-state index is -0.873. The minimum absolute atomic E-state index is 0.0829. The van der Waals surface area contributed by atoms with Gasteiger partial charge in [-0.25, -0.2) is 4.39 Å². The predicted molar refractivity (Wildman–Crippen MR) is 142 cm³/mol. The van der Waals surface area contributed by atoms with E-state index in [1.54, 1.807) is 6.07 Å². The third-order valence-electron chi connectivity index (χ3n) is 9.34. The number of hydrogen-bond acceptors (Lipinski definition) is 5. The van der Waals surface area contributed by atoms with Crippen molar-refractivity contribution in [1.82, 2.24) is 4.90 Å². The molecule has 0 bridgehead atoms. The fourth-order valence-electron chi connectivity index (χ4n) is 7.46. The zero-order valence-electron chi connectivity index (χ0n) is 22.1. The van der Waals surface area contributed by atoms with Crippen LogP contribution in [0.25, 0.3) is 0 Å². The molecule has 6 heteroatoms. The highest BCUT2D eigenvalue weighted by atomic mass is 19.1. The maximum atomic E-state index is 14.4. The Labute approximate surface area is 225 Å². The Balaban J connectivity index is 1.26. The van der Waals surface area contributed by atoms with Gasteiger partial charge in [0.05, 0.1) is 23.1 Å². The molecule has 2 aromatic carbocycles. The summed E-state index contributed by atoms with van der Waals surface area (Å²) in [6.07, 6.45) is 6.25. The van der Waals surface area contributed by atoms with Crippen molar-refractivity contribution in [2.24, 2.45) is 17.8 Å². The summed E-state index contributed by atoms with van der Waals surface area (Å²) in [7, 11) is 0. The number of ether oxygens (including phenoxy) is 1. The molecule has 1 unspecified atom stereocenters. The summed E-state index contributed by atoms with van der Waals surface area (Å²) in [4.78, 5) is 14.4. The van der Waals surface area contributed by atoms with Crippen LogP contribution in [0.3, 0.4) is 0 Å². The van der Waals surface area contributed by atoms with E-state index in [1.807, 2.05) is 18.2 Å². The quantitative estimate of drug-likeness (QED) is 0.418. The standard InChI is InChI=1S/C32H36FN3O2/c1-22(37)38-31-7-3-6-30(31)32(21-35,28-4-2-5-29(33)18-28)27-12-14-36(15-13-27)20-24-16-26(17-24)25-10-8-23(19-34)9-11-25/h2,4-5,8-11,18,24,26-27,30-31H,3,6-7,12-17,20H2,1H3/t24?,26?,30-,31-,32?/m1/s1. The van der Waals surface area contributed by atoms with Gasteiger partial charge in [0.25, 0.3) is 0 Å². The van der Waals surface area contributed by atoms with E-state index >= 15 is 0 Å². The van der Waals surface area contributed by atoms with Gasteiger partial charge in [-0.3, -0.25) is 4.79 Å². The fraction of sp³-hybridized carbons (Fsp3) is 0.531. The summed E-state index contributed by atoms with van der Waals surface area (Å²) in [5, 5.41) is 19.8. The molecule has 3 atom stereocenters. The van der Waals surface area contributed by atoms with Crippen LogP contribution in [0, 0.1) is 46.2 Å². The number of carbonyl (C=O) groups excluding carboxylic acids is 1. The molecule has 2 aromatic rings. The third kappa shape index (κ3) is 5.20. The first-order valence-electron chi connectivity index (χ1n) is 14.0. The van der Waals surface area contributed by atoms with Crippen LogP contribution in [0.1, 0.15) is 74.5 Å². The van der Waals surface area contributed by atoms with E-state index < -0.39 is 5.41 Å². The van der Waals surface area contributed by atoms with Crippen molar-refractivity contribution in [2.75, 3.05) is 19.6 Å². The lowest BCUT2D eigenvalue weighted by molar-refractivity contribution is -0.149. The van der Waals surface area contributed by atoms with Crippen molar-refractivity contribution in [3.8, 4) is 12.1 Å². The molecule has 0 aromatic heterocycles. The molecule has 0 N–H and O–H groups in total. The van der Waals surface area contributed by atoms with E-state index in [4.69, 9.17) is 10.00 Å². The number of halogens is 1. The zero-order valence-corrected chi connectivity index (χ0v) is 22.1. The molecule has 2 aliphatic carbocycles. The van der Waals surface area contributed by atoms with Crippen LogP contribution in [0.15, 0.2) is 48.5 Å². The van der Waals surface area contributed by atoms with Crippen LogP contribution in [0.2, 0.25) is 0 Å². The van der Waals surface area contributed by atoms with Crippen molar-refractivity contribution in [3.05, 3.63) is 71.0 Å². The first-order chi connectivity index (χ1) is 18.4. The van der Waals surface area contributed by atoms with Gasteiger partial charge in [0.15, 0.2) is 0 Å². The van der Waals surface area contributed by atoms with E-state index in [1.165, 1.54) is 37.5 Å². The van der Waals surface area contributed by atoms with E-state index in [0.29, 0.717) is 17.4 Å². The Hall–Kier alpha value is -3.22. The highest BCUT2D eigenvalue weighted by molar-refractivity contribution is 5.66. The number of likely N-dealkylation sites (tertiary alicyclic amines) is 1. The topological polar surface area (TPSA) is 77.1 Å². The van der Waals surface area contributed by atoms with E-state index in [2.05, 4.69) is 29.2 Å². The Morgan fingerprint density at radius 3 is 2.45 bits per heavy atom. The summed E-state index contributed by atoms with van der Waals surface area (Å²) < 4.78 is 20.1. The number of carbonyl (C=O) groups is 1. The van der Waals surface area contributed by atoms with Gasteiger partial charge in [-0.2, -0.15) is 10.5 Å². The molecule has 0 radical (unpaired) electrons. The first-order valence-corrected chi connectivity index (χ1v) is 14.0. The van der Waals surface area contributed by atoms with E-state index in [0.717, 1.165) is 57.3 Å². The van der Waals surface area contributed by atoms with Crippen molar-refractivity contribution < 1.29 is 13.9 Å². The Bertz CT molecular complexity index is 1220. The average Bonchev–Trinajstić information content (AvgIpc) is 3.35. The van der Waals surface area contributed by atoms with Crippen molar-refractivity contribution in [1.29, 1.82) is 10.5 Å². The highest BCUT2D eigenvalue weighted by Crippen LogP contribution is 2.51. The molecule has 1 aliphatic heterocycles. The molecule has 1 heterocycles. The molecule has 3 aliphatic rings. The Morgan fingerprint density at radius 1 is 1.08 bits per heavy atom. The molecular formula is C32H36FN3O2. The fourth-order valence-corrected chi connectivity index (χ4v) is 7.46. The van der Waals surface area contributed by atoms with Gasteiger partial charge in [0, 0.05) is 19.4 Å². The van der Waals surface area contributed by atoms with Crippen LogP contribution in [0.5, 0.6) is 0 Å². The molecule has 198 valence electrons. The molecule has 1 saturated heterocycles. The number of benzene rings is 2. The predicted octanol–water partition coefficient (Wildman–Crippen LogP) is 6.10. The summed E-state index contributed by atoms with van der Waals surface area (Å²) in [6, 6.07) is 19.4. The third-order valence-corrected chi connectivity index (χ3v) is 9.34. The molecule has 3 fully saturated rings. The Morgan fingerprint density at radius 2 is 1.82 bits per heavy atom. The summed E-state index contributed by atoms with van der Waals surface area (Å²) in [5.41, 5.74) is 1.89. The summed E-state index contributed by atoms with van der Waals surface area (Å²) in [5.74, 6) is 0.546. The second-order valence-corrected chi connectivity index (χ2v) is 11.5. The normalized spacial score (nSPS) is 27.5. The van der Waals surface area contributed by atoms with Crippen molar-refractivity contribution in [3.63, 3.8) is 0 Å². The van der Waals surface area contributed by atoms with Crippen molar-refractivity contribution >= 4 is 5.97 Å². The molecule has 2 saturated carbocycles. The number of esters is 1. The van der Waals surface area contributed by atoms with Crippen LogP contribution in [-0.2, 0) is 14.9 Å². The number of nitriles is 2. The monoisotopic (exact) mass is 513 g/mol. The maximum absolute atomic E-state index is 14.4. The maximum Gasteiger partial charge on any atom is 0.302 e. The van der Waals surface area contributed by atoms with Gasteiger partial charge < -0.3 is 9.64 Å². The van der Waals surface area contributed by atoms with Crippen LogP contribution >= 0.6 is 0 Å². The number of rotatable bonds is 7. The smallest absolute Gasteiger partial charge is 0.302 e. The van der Waals surface area contributed by atoms with Crippen LogP contribution in [-0.4, -0.2) is 36.6 Å². The molecule has 0 spiro atoms. The lowest BCUT2D eigenvalue weighted by Gasteiger charge is -2.47. The van der Waals surface area contributed by atoms with Gasteiger partial charge >= 0.3 is 5.97 Å². The number of hydrogen-bond donors (Lipinski definition) is 0. The van der Waals surface area contributed by atoms with Crippen molar-refractivity contribution in [2.45, 2.75) is 69.3 Å². The lowest BCUT2D eigenvalue weighted by Crippen LogP contribution is -2.50. The second-order valence-electron chi connectivity index (χ2n) is 11.5. The van der Waals surface area contributed by atoms with E-state index in [-0.39, 0.29) is 29.7 Å². The minimum Gasteiger partial charge on any atom is -0.462 e. The van der Waals surface area contributed by atoms with Gasteiger partial charge in [0.2, 0.25) is 0 Å². The molecular weight excluding hydrogens is 477 g/mol. The summed E-state index contributed by atoms with van der Waals surface area (Å²) >= 11 is 0. The lowest BCUT2D eigenvalue weighted by atomic mass is 9.59. The zero-order chi connectivity index (χ0) is 26.7. The Kier molecular flexibility index (Phi) is 7.82. The first kappa shape index (κ1) is 26.4. The van der Waals surface area contributed by atoms with E-state index in [9.17, 15) is 14.4 Å². The average molecular weight is 514 g/mol. The molecule has 5 nitrogen and oxygen atoms in total. The van der Waals surface area contributed by atoms with Gasteiger partial charge in [-0.15, -0.1) is 0 Å². The van der Waals surface area contributed by atoms with Gasteiger partial charge in [-0.05, 0) is 111 Å². The molecule has 5 rings (SSSR count). The number of nitrogens with zero attached hydrogens (tertiary/aromatic N) is 3. The summed E-state index contributed by atoms with van der Waals surface area (Å²) in [6.45, 7) is 4.34. The highest BCUT2D eigenvalue weighted by Gasteiger charge is 2.53. The van der Waals surface area contributed by atoms with Gasteiger partial charge in [-0.1, -0.05) is 24.3 Å². The SMILES string of the molecule is CC(=O)O[C@@H]1CCC[C@H]1C(C#N)(c1cccc(F)c1)C1CCN(CC2CC(c3ccc(C#N)cc3)C2)CC1. The molecule has 38 heavy (non-hydrogen) atoms. The largest absolute Gasteiger partial charge is 0.462 e.